The number of carbonyl (C=O) groups is 3. The van der Waals surface area contributed by atoms with Crippen molar-refractivity contribution in [2.24, 2.45) is 0 Å². The molecule has 0 bridgehead atoms. The molecular formula is C14H11N3O6. The second-order valence-electron chi connectivity index (χ2n) is 4.47. The Labute approximate surface area is 129 Å². The SMILES string of the molecule is O=C(O)CN1C(=O)N/C(=C/C=C/c2ccccc2[N+](=O)[O-])C1=O. The monoisotopic (exact) mass is 317 g/mol. The molecule has 0 radical (unpaired) electrons. The number of para-hydroxylation sites is 1. The average molecular weight is 317 g/mol. The second kappa shape index (κ2) is 6.52. The lowest BCUT2D eigenvalue weighted by Gasteiger charge is -2.06. The Morgan fingerprint density at radius 1 is 1.35 bits per heavy atom. The van der Waals surface area contributed by atoms with Crippen LogP contribution in [-0.4, -0.2) is 39.4 Å². The molecule has 0 aliphatic carbocycles. The van der Waals surface area contributed by atoms with E-state index < -0.39 is 29.4 Å². The van der Waals surface area contributed by atoms with E-state index in [4.69, 9.17) is 5.11 Å². The van der Waals surface area contributed by atoms with Gasteiger partial charge in [0.15, 0.2) is 0 Å². The molecule has 2 N–H and O–H groups in total. The maximum atomic E-state index is 11.8. The number of nitrogens with zero attached hydrogens (tertiary/aromatic N) is 2. The van der Waals surface area contributed by atoms with E-state index in [2.05, 4.69) is 5.32 Å². The lowest BCUT2D eigenvalue weighted by molar-refractivity contribution is -0.385. The van der Waals surface area contributed by atoms with Crippen molar-refractivity contribution in [1.29, 1.82) is 0 Å². The van der Waals surface area contributed by atoms with E-state index in [0.29, 0.717) is 10.5 Å². The Bertz CT molecular complexity index is 753. The van der Waals surface area contributed by atoms with Crippen LogP contribution in [0.3, 0.4) is 0 Å². The van der Waals surface area contributed by atoms with Crippen LogP contribution in [0.2, 0.25) is 0 Å². The van der Waals surface area contributed by atoms with Gasteiger partial charge in [-0.2, -0.15) is 0 Å². The molecular weight excluding hydrogens is 306 g/mol. The first-order valence-corrected chi connectivity index (χ1v) is 6.36. The molecule has 0 aromatic heterocycles. The second-order valence-corrected chi connectivity index (χ2v) is 4.47. The van der Waals surface area contributed by atoms with E-state index in [9.17, 15) is 24.5 Å². The van der Waals surface area contributed by atoms with Crippen molar-refractivity contribution in [2.45, 2.75) is 0 Å². The van der Waals surface area contributed by atoms with E-state index in [1.807, 2.05) is 0 Å². The van der Waals surface area contributed by atoms with Gasteiger partial charge in [0.1, 0.15) is 12.2 Å². The number of carboxylic acid groups (broad SMARTS) is 1. The van der Waals surface area contributed by atoms with Gasteiger partial charge in [-0.3, -0.25) is 19.7 Å². The largest absolute Gasteiger partial charge is 0.480 e. The number of urea groups is 1. The highest BCUT2D eigenvalue weighted by Gasteiger charge is 2.34. The Morgan fingerprint density at radius 3 is 2.70 bits per heavy atom. The standard InChI is InChI=1S/C14H11N3O6/c18-12(19)8-16-13(20)10(15-14(16)21)6-3-5-9-4-1-2-7-11(9)17(22)23/h1-7H,8H2,(H,15,21)(H,18,19)/b5-3+,10-6+. The van der Waals surface area contributed by atoms with Gasteiger partial charge in [0, 0.05) is 6.07 Å². The number of carbonyl (C=O) groups excluding carboxylic acids is 2. The number of amides is 3. The van der Waals surface area contributed by atoms with Crippen LogP contribution in [-0.2, 0) is 9.59 Å². The zero-order valence-electron chi connectivity index (χ0n) is 11.6. The van der Waals surface area contributed by atoms with Gasteiger partial charge < -0.3 is 10.4 Å². The zero-order chi connectivity index (χ0) is 17.0. The molecule has 0 unspecified atom stereocenters. The van der Waals surface area contributed by atoms with Crippen LogP contribution in [0, 0.1) is 10.1 Å². The molecule has 3 amide bonds. The quantitative estimate of drug-likeness (QED) is 0.362. The first kappa shape index (κ1) is 15.9. The van der Waals surface area contributed by atoms with Crippen molar-refractivity contribution in [3.63, 3.8) is 0 Å². The van der Waals surface area contributed by atoms with Crippen molar-refractivity contribution in [3.05, 3.63) is 57.8 Å². The molecule has 9 heteroatoms. The van der Waals surface area contributed by atoms with Crippen molar-refractivity contribution >= 4 is 29.7 Å². The third-order valence-electron chi connectivity index (χ3n) is 2.93. The summed E-state index contributed by atoms with van der Waals surface area (Å²) in [6, 6.07) is 5.18. The van der Waals surface area contributed by atoms with E-state index in [0.717, 1.165) is 0 Å². The van der Waals surface area contributed by atoms with Crippen LogP contribution in [0.4, 0.5) is 10.5 Å². The molecule has 23 heavy (non-hydrogen) atoms. The summed E-state index contributed by atoms with van der Waals surface area (Å²) in [6.07, 6.45) is 4.02. The first-order valence-electron chi connectivity index (χ1n) is 6.36. The lowest BCUT2D eigenvalue weighted by atomic mass is 10.1. The van der Waals surface area contributed by atoms with Gasteiger partial charge in [0.2, 0.25) is 0 Å². The Hall–Kier alpha value is -3.49. The topological polar surface area (TPSA) is 130 Å². The van der Waals surface area contributed by atoms with Gasteiger partial charge >= 0.3 is 12.0 Å². The van der Waals surface area contributed by atoms with Crippen LogP contribution in [0.1, 0.15) is 5.56 Å². The fraction of sp³-hybridized carbons (Fsp3) is 0.0714. The predicted molar refractivity (Wildman–Crippen MR) is 78.1 cm³/mol. The summed E-state index contributed by atoms with van der Waals surface area (Å²) in [5.41, 5.74) is 0.121. The summed E-state index contributed by atoms with van der Waals surface area (Å²) in [7, 11) is 0. The maximum Gasteiger partial charge on any atom is 0.329 e. The van der Waals surface area contributed by atoms with Gasteiger partial charge in [-0.25, -0.2) is 9.69 Å². The highest BCUT2D eigenvalue weighted by atomic mass is 16.6. The Kier molecular flexibility index (Phi) is 4.50. The zero-order valence-corrected chi connectivity index (χ0v) is 11.6. The van der Waals surface area contributed by atoms with Gasteiger partial charge in [0.05, 0.1) is 10.5 Å². The predicted octanol–water partition coefficient (Wildman–Crippen LogP) is 1.13. The number of nitro groups is 1. The number of nitro benzene ring substituents is 1. The number of carboxylic acids is 1. The fourth-order valence-corrected chi connectivity index (χ4v) is 1.91. The molecule has 0 atom stereocenters. The molecule has 118 valence electrons. The van der Waals surface area contributed by atoms with Crippen LogP contribution < -0.4 is 5.32 Å². The number of allylic oxidation sites excluding steroid dienone is 2. The van der Waals surface area contributed by atoms with Crippen LogP contribution in [0.5, 0.6) is 0 Å². The van der Waals surface area contributed by atoms with Crippen LogP contribution >= 0.6 is 0 Å². The molecule has 0 saturated carbocycles. The first-order chi connectivity index (χ1) is 10.9. The van der Waals surface area contributed by atoms with Crippen molar-refractivity contribution in [1.82, 2.24) is 10.2 Å². The van der Waals surface area contributed by atoms with E-state index in [1.54, 1.807) is 6.07 Å². The summed E-state index contributed by atoms with van der Waals surface area (Å²) in [5, 5.41) is 21.7. The summed E-state index contributed by atoms with van der Waals surface area (Å²) < 4.78 is 0. The van der Waals surface area contributed by atoms with Crippen molar-refractivity contribution in [3.8, 4) is 0 Å². The minimum Gasteiger partial charge on any atom is -0.480 e. The molecule has 1 aliphatic rings. The van der Waals surface area contributed by atoms with E-state index in [1.165, 1.54) is 36.4 Å². The minimum absolute atomic E-state index is 0.101. The average Bonchev–Trinajstić information content (AvgIpc) is 2.75. The summed E-state index contributed by atoms with van der Waals surface area (Å²) in [5.74, 6) is -2.09. The molecule has 0 spiro atoms. The summed E-state index contributed by atoms with van der Waals surface area (Å²) >= 11 is 0. The number of hydrogen-bond acceptors (Lipinski definition) is 5. The number of hydrogen-bond donors (Lipinski definition) is 2. The number of nitrogens with one attached hydrogen (secondary N) is 1. The van der Waals surface area contributed by atoms with Gasteiger partial charge in [-0.15, -0.1) is 0 Å². The third kappa shape index (κ3) is 3.59. The fourth-order valence-electron chi connectivity index (χ4n) is 1.91. The lowest BCUT2D eigenvalue weighted by Crippen LogP contribution is -2.35. The van der Waals surface area contributed by atoms with Crippen LogP contribution in [0.25, 0.3) is 6.08 Å². The molecule has 1 aliphatic heterocycles. The van der Waals surface area contributed by atoms with Crippen molar-refractivity contribution in [2.75, 3.05) is 6.54 Å². The molecule has 2 rings (SSSR count). The number of rotatable bonds is 5. The maximum absolute atomic E-state index is 11.8. The van der Waals surface area contributed by atoms with Gasteiger partial charge in [-0.05, 0) is 18.2 Å². The van der Waals surface area contributed by atoms with Crippen molar-refractivity contribution < 1.29 is 24.4 Å². The smallest absolute Gasteiger partial charge is 0.329 e. The Balaban J connectivity index is 2.18. The summed E-state index contributed by atoms with van der Waals surface area (Å²) in [4.78, 5) is 44.8. The number of aliphatic carboxylic acids is 1. The minimum atomic E-state index is -1.31. The highest BCUT2D eigenvalue weighted by molar-refractivity contribution is 6.13. The van der Waals surface area contributed by atoms with E-state index >= 15 is 0 Å². The number of benzene rings is 1. The summed E-state index contributed by atoms with van der Waals surface area (Å²) in [6.45, 7) is -0.740. The molecule has 9 nitrogen and oxygen atoms in total. The van der Waals surface area contributed by atoms with Gasteiger partial charge in [-0.1, -0.05) is 18.2 Å². The molecule has 1 fully saturated rings. The molecule has 1 heterocycles. The van der Waals surface area contributed by atoms with Crippen LogP contribution in [0.15, 0.2) is 42.1 Å². The Morgan fingerprint density at radius 2 is 2.04 bits per heavy atom. The third-order valence-corrected chi connectivity index (χ3v) is 2.93. The molecule has 1 aromatic carbocycles. The molecule has 1 saturated heterocycles. The van der Waals surface area contributed by atoms with E-state index in [-0.39, 0.29) is 11.4 Å². The highest BCUT2D eigenvalue weighted by Crippen LogP contribution is 2.19. The molecule has 1 aromatic rings. The normalized spacial score (nSPS) is 16.2. The van der Waals surface area contributed by atoms with Gasteiger partial charge in [0.25, 0.3) is 11.6 Å². The number of imide groups is 1.